The number of aromatic nitrogens is 6. The molecule has 5 rings (SSSR count). The highest BCUT2D eigenvalue weighted by atomic mass is 19.1. The van der Waals surface area contributed by atoms with Crippen molar-refractivity contribution in [1.29, 1.82) is 0 Å². The number of benzene rings is 1. The van der Waals surface area contributed by atoms with Gasteiger partial charge in [0.05, 0.1) is 17.6 Å². The third kappa shape index (κ3) is 3.35. The van der Waals surface area contributed by atoms with Crippen LogP contribution in [-0.2, 0) is 0 Å². The third-order valence-electron chi connectivity index (χ3n) is 4.95. The summed E-state index contributed by atoms with van der Waals surface area (Å²) in [5, 5.41) is 8.28. The molecule has 146 valence electrons. The molecular weight excluding hydrogens is 373 g/mol. The number of rotatable bonds is 4. The Morgan fingerprint density at radius 2 is 2.00 bits per heavy atom. The largest absolute Gasteiger partial charge is 0.337 e. The predicted octanol–water partition coefficient (Wildman–Crippen LogP) is 3.50. The summed E-state index contributed by atoms with van der Waals surface area (Å²) in [6.45, 7) is 2.63. The Morgan fingerprint density at radius 1 is 1.14 bits per heavy atom. The van der Waals surface area contributed by atoms with Gasteiger partial charge in [-0.1, -0.05) is 5.16 Å². The van der Waals surface area contributed by atoms with Crippen molar-refractivity contribution in [2.24, 2.45) is 0 Å². The van der Waals surface area contributed by atoms with Crippen LogP contribution in [0.5, 0.6) is 0 Å². The lowest BCUT2D eigenvalue weighted by Crippen LogP contribution is -2.25. The smallest absolute Gasteiger partial charge is 0.249 e. The van der Waals surface area contributed by atoms with Crippen LogP contribution in [0, 0.1) is 12.7 Å². The Balaban J connectivity index is 1.43. The number of anilines is 1. The molecule has 1 aliphatic rings. The molecule has 0 aliphatic carbocycles. The Bertz CT molecular complexity index is 1140. The maximum atomic E-state index is 13.2. The van der Waals surface area contributed by atoms with Crippen molar-refractivity contribution in [2.45, 2.75) is 25.8 Å². The summed E-state index contributed by atoms with van der Waals surface area (Å²) in [5.41, 5.74) is 2.39. The lowest BCUT2D eigenvalue weighted by atomic mass is 10.2. The molecule has 0 N–H and O–H groups in total. The molecular formula is C20H18FN7O. The molecule has 0 bridgehead atoms. The van der Waals surface area contributed by atoms with E-state index in [2.05, 4.69) is 25.1 Å². The Morgan fingerprint density at radius 3 is 2.79 bits per heavy atom. The highest BCUT2D eigenvalue weighted by Gasteiger charge is 2.32. The average Bonchev–Trinajstić information content (AvgIpc) is 3.49. The highest BCUT2D eigenvalue weighted by molar-refractivity contribution is 5.59. The normalized spacial score (nSPS) is 16.5. The first-order chi connectivity index (χ1) is 14.2. The molecule has 0 radical (unpaired) electrons. The molecule has 29 heavy (non-hydrogen) atoms. The molecule has 8 nitrogen and oxygen atoms in total. The number of halogens is 1. The van der Waals surface area contributed by atoms with E-state index < -0.39 is 0 Å². The van der Waals surface area contributed by atoms with Crippen LogP contribution in [0.25, 0.3) is 16.9 Å². The van der Waals surface area contributed by atoms with Gasteiger partial charge in [0.15, 0.2) is 5.82 Å². The number of aryl methyl sites for hydroxylation is 1. The van der Waals surface area contributed by atoms with Gasteiger partial charge in [0.25, 0.3) is 0 Å². The fourth-order valence-electron chi connectivity index (χ4n) is 3.55. The second kappa shape index (κ2) is 7.08. The van der Waals surface area contributed by atoms with E-state index in [-0.39, 0.29) is 11.9 Å². The van der Waals surface area contributed by atoms with Crippen molar-refractivity contribution in [3.63, 3.8) is 0 Å². The van der Waals surface area contributed by atoms with Gasteiger partial charge in [0.1, 0.15) is 11.9 Å². The van der Waals surface area contributed by atoms with Gasteiger partial charge in [-0.05, 0) is 50.1 Å². The summed E-state index contributed by atoms with van der Waals surface area (Å²) in [6, 6.07) is 8.00. The first kappa shape index (κ1) is 17.5. The third-order valence-corrected chi connectivity index (χ3v) is 4.95. The second-order valence-corrected chi connectivity index (χ2v) is 6.92. The molecule has 1 atom stereocenters. The SMILES string of the molecule is Cc1noc([C@H]2CCCN2c2nccc(-c3cnn(-c4ccc(F)cc4)c3)n2)n1. The summed E-state index contributed by atoms with van der Waals surface area (Å²) < 4.78 is 20.2. The molecule has 1 aliphatic heterocycles. The fourth-order valence-corrected chi connectivity index (χ4v) is 3.55. The number of hydrogen-bond acceptors (Lipinski definition) is 7. The van der Waals surface area contributed by atoms with E-state index in [1.807, 2.05) is 19.2 Å². The fraction of sp³-hybridized carbons (Fsp3) is 0.250. The molecule has 1 fully saturated rings. The molecule has 1 saturated heterocycles. The van der Waals surface area contributed by atoms with Crippen LogP contribution in [0.3, 0.4) is 0 Å². The van der Waals surface area contributed by atoms with E-state index in [1.54, 1.807) is 29.2 Å². The van der Waals surface area contributed by atoms with Crippen molar-refractivity contribution in [3.05, 3.63) is 66.5 Å². The van der Waals surface area contributed by atoms with Crippen LogP contribution < -0.4 is 4.90 Å². The van der Waals surface area contributed by atoms with Crippen molar-refractivity contribution in [3.8, 4) is 16.9 Å². The van der Waals surface area contributed by atoms with E-state index in [1.165, 1.54) is 12.1 Å². The Hall–Kier alpha value is -3.62. The Labute approximate surface area is 166 Å². The zero-order valence-corrected chi connectivity index (χ0v) is 15.7. The first-order valence-electron chi connectivity index (χ1n) is 9.38. The van der Waals surface area contributed by atoms with Crippen LogP contribution in [-0.4, -0.2) is 36.4 Å². The average molecular weight is 391 g/mol. The first-order valence-corrected chi connectivity index (χ1v) is 9.38. The van der Waals surface area contributed by atoms with Crippen LogP contribution in [0.15, 0.2) is 53.4 Å². The number of hydrogen-bond donors (Lipinski definition) is 0. The summed E-state index contributed by atoms with van der Waals surface area (Å²) in [4.78, 5) is 15.7. The molecule has 0 saturated carbocycles. The van der Waals surface area contributed by atoms with Crippen LogP contribution in [0.1, 0.15) is 30.6 Å². The van der Waals surface area contributed by atoms with Gasteiger partial charge in [-0.3, -0.25) is 0 Å². The standard InChI is InChI=1S/C20H18FN7O/c1-13-24-19(29-26-13)18-3-2-10-27(18)20-22-9-8-17(25-20)14-11-23-28(12-14)16-6-4-15(21)5-7-16/h4-9,11-12,18H,2-3,10H2,1H3/t18-/m1/s1. The van der Waals surface area contributed by atoms with Crippen LogP contribution >= 0.6 is 0 Å². The van der Waals surface area contributed by atoms with Gasteiger partial charge < -0.3 is 9.42 Å². The van der Waals surface area contributed by atoms with Gasteiger partial charge in [0.2, 0.25) is 11.8 Å². The molecule has 1 aromatic carbocycles. The molecule has 9 heteroatoms. The maximum absolute atomic E-state index is 13.2. The zero-order chi connectivity index (χ0) is 19.8. The summed E-state index contributed by atoms with van der Waals surface area (Å²) in [6.07, 6.45) is 7.25. The summed E-state index contributed by atoms with van der Waals surface area (Å²) in [7, 11) is 0. The minimum absolute atomic E-state index is 0.0200. The van der Waals surface area contributed by atoms with E-state index >= 15 is 0 Å². The molecule has 4 aromatic rings. The van der Waals surface area contributed by atoms with Crippen LogP contribution in [0.2, 0.25) is 0 Å². The van der Waals surface area contributed by atoms with E-state index in [0.717, 1.165) is 36.3 Å². The van der Waals surface area contributed by atoms with E-state index in [4.69, 9.17) is 9.51 Å². The van der Waals surface area contributed by atoms with Crippen molar-refractivity contribution < 1.29 is 8.91 Å². The van der Waals surface area contributed by atoms with Gasteiger partial charge >= 0.3 is 0 Å². The quantitative estimate of drug-likeness (QED) is 0.526. The molecule has 0 spiro atoms. The summed E-state index contributed by atoms with van der Waals surface area (Å²) in [5.74, 6) is 1.56. The van der Waals surface area contributed by atoms with Crippen molar-refractivity contribution in [2.75, 3.05) is 11.4 Å². The minimum Gasteiger partial charge on any atom is -0.337 e. The molecule has 4 heterocycles. The monoisotopic (exact) mass is 391 g/mol. The second-order valence-electron chi connectivity index (χ2n) is 6.92. The predicted molar refractivity (Wildman–Crippen MR) is 103 cm³/mol. The lowest BCUT2D eigenvalue weighted by Gasteiger charge is -2.21. The molecule has 0 amide bonds. The summed E-state index contributed by atoms with van der Waals surface area (Å²) >= 11 is 0. The zero-order valence-electron chi connectivity index (χ0n) is 15.7. The van der Waals surface area contributed by atoms with Gasteiger partial charge in [-0.25, -0.2) is 19.0 Å². The topological polar surface area (TPSA) is 85.8 Å². The minimum atomic E-state index is -0.279. The van der Waals surface area contributed by atoms with Crippen molar-refractivity contribution >= 4 is 5.95 Å². The van der Waals surface area contributed by atoms with E-state index in [9.17, 15) is 4.39 Å². The van der Waals surface area contributed by atoms with E-state index in [0.29, 0.717) is 17.7 Å². The highest BCUT2D eigenvalue weighted by Crippen LogP contribution is 2.34. The van der Waals surface area contributed by atoms with Gasteiger partial charge in [0, 0.05) is 24.5 Å². The lowest BCUT2D eigenvalue weighted by molar-refractivity contribution is 0.351. The number of nitrogens with zero attached hydrogens (tertiary/aromatic N) is 7. The Kier molecular flexibility index (Phi) is 4.27. The molecule has 0 unspecified atom stereocenters. The maximum Gasteiger partial charge on any atom is 0.249 e. The molecule has 3 aromatic heterocycles. The van der Waals surface area contributed by atoms with Crippen molar-refractivity contribution in [1.82, 2.24) is 29.9 Å². The van der Waals surface area contributed by atoms with Gasteiger partial charge in [-0.2, -0.15) is 10.1 Å². The van der Waals surface area contributed by atoms with Gasteiger partial charge in [-0.15, -0.1) is 0 Å². The van der Waals surface area contributed by atoms with Crippen LogP contribution in [0.4, 0.5) is 10.3 Å².